The molecule has 4 nitrogen and oxygen atoms in total. The largest absolute Gasteiger partial charge is 0.454 e. The molecule has 7 rings (SSSR count). The van der Waals surface area contributed by atoms with E-state index in [0.29, 0.717) is 28.9 Å². The van der Waals surface area contributed by atoms with Gasteiger partial charge in [0.15, 0.2) is 12.4 Å². The van der Waals surface area contributed by atoms with Gasteiger partial charge in [-0.05, 0) is 53.0 Å². The highest BCUT2D eigenvalue weighted by Crippen LogP contribution is 2.53. The van der Waals surface area contributed by atoms with Crippen molar-refractivity contribution < 1.29 is 14.3 Å². The molecule has 4 heteroatoms. The average Bonchev–Trinajstić information content (AvgIpc) is 3.62. The Bertz CT molecular complexity index is 1430. The Balaban J connectivity index is 1.13. The molecule has 0 spiro atoms. The van der Waals surface area contributed by atoms with Gasteiger partial charge in [-0.1, -0.05) is 85.0 Å². The SMILES string of the molecule is O=C(COC(=O)c1ccc2c3c1C1C=CCC1CN3CC1CC=CC21)c1ccc(-c2ccccc2)cc1. The molecule has 0 aromatic heterocycles. The zero-order chi connectivity index (χ0) is 24.9. The Morgan fingerprint density at radius 2 is 1.46 bits per heavy atom. The molecule has 4 unspecified atom stereocenters. The number of hydrogen-bond acceptors (Lipinski definition) is 4. The minimum absolute atomic E-state index is 0.196. The molecule has 2 heterocycles. The van der Waals surface area contributed by atoms with Crippen LogP contribution in [-0.2, 0) is 4.74 Å². The normalized spacial score (nSPS) is 24.4. The van der Waals surface area contributed by atoms with E-state index in [1.54, 1.807) is 12.1 Å². The predicted molar refractivity (Wildman–Crippen MR) is 145 cm³/mol. The predicted octanol–water partition coefficient (Wildman–Crippen LogP) is 6.55. The van der Waals surface area contributed by atoms with Crippen LogP contribution in [0.2, 0.25) is 0 Å². The van der Waals surface area contributed by atoms with Gasteiger partial charge in [-0.15, -0.1) is 0 Å². The zero-order valence-electron chi connectivity index (χ0n) is 20.7. The highest BCUT2D eigenvalue weighted by Gasteiger charge is 2.44. The van der Waals surface area contributed by atoms with Gasteiger partial charge in [0, 0.05) is 36.2 Å². The van der Waals surface area contributed by atoms with Gasteiger partial charge in [0.25, 0.3) is 0 Å². The minimum atomic E-state index is -0.406. The van der Waals surface area contributed by atoms with E-state index in [4.69, 9.17) is 4.74 Å². The number of allylic oxidation sites excluding steroid dienone is 4. The van der Waals surface area contributed by atoms with E-state index in [0.717, 1.165) is 42.6 Å². The molecular weight excluding hydrogens is 458 g/mol. The van der Waals surface area contributed by atoms with Crippen LogP contribution in [0.15, 0.2) is 91.0 Å². The summed E-state index contributed by atoms with van der Waals surface area (Å²) in [6, 6.07) is 21.6. The Labute approximate surface area is 217 Å². The summed E-state index contributed by atoms with van der Waals surface area (Å²) in [5, 5.41) is 0. The third kappa shape index (κ3) is 3.74. The maximum atomic E-state index is 13.4. The van der Waals surface area contributed by atoms with E-state index < -0.39 is 5.97 Å². The van der Waals surface area contributed by atoms with Gasteiger partial charge in [-0.2, -0.15) is 0 Å². The fourth-order valence-electron chi connectivity index (χ4n) is 6.83. The summed E-state index contributed by atoms with van der Waals surface area (Å²) in [4.78, 5) is 28.8. The molecule has 0 bridgehead atoms. The van der Waals surface area contributed by atoms with Crippen molar-refractivity contribution in [1.29, 1.82) is 0 Å². The van der Waals surface area contributed by atoms with Gasteiger partial charge in [-0.25, -0.2) is 4.79 Å². The molecular formula is C33H29NO3. The van der Waals surface area contributed by atoms with E-state index in [1.165, 1.54) is 11.3 Å². The second-order valence-electron chi connectivity index (χ2n) is 10.7. The summed E-state index contributed by atoms with van der Waals surface area (Å²) in [6.07, 6.45) is 11.3. The second-order valence-corrected chi connectivity index (χ2v) is 10.7. The molecule has 0 saturated heterocycles. The van der Waals surface area contributed by atoms with Gasteiger partial charge in [0.2, 0.25) is 0 Å². The number of ether oxygens (including phenoxy) is 1. The standard InChI is InChI=1S/C33H29NO3/c35-30(23-14-12-22(13-15-23)21-6-2-1-3-7-21)20-37-33(36)29-17-16-28-26-10-4-8-24(26)18-34-19-25-9-5-11-27(25)31(29)32(28)34/h1-7,10-17,24-27H,8-9,18-20H2. The number of carbonyl (C=O) groups is 2. The Morgan fingerprint density at radius 1 is 0.784 bits per heavy atom. The average molecular weight is 488 g/mol. The van der Waals surface area contributed by atoms with Crippen molar-refractivity contribution in [2.24, 2.45) is 11.8 Å². The molecule has 37 heavy (non-hydrogen) atoms. The Kier molecular flexibility index (Phi) is 5.35. The number of Topliss-reactive ketones (excluding diaryl/α,β-unsaturated/α-hetero) is 1. The van der Waals surface area contributed by atoms with Gasteiger partial charge >= 0.3 is 5.97 Å². The number of anilines is 1. The first-order valence-electron chi connectivity index (χ1n) is 13.3. The lowest BCUT2D eigenvalue weighted by Crippen LogP contribution is -2.44. The molecule has 0 radical (unpaired) electrons. The van der Waals surface area contributed by atoms with Crippen molar-refractivity contribution in [3.8, 4) is 11.1 Å². The van der Waals surface area contributed by atoms with Crippen molar-refractivity contribution in [1.82, 2.24) is 0 Å². The van der Waals surface area contributed by atoms with Crippen LogP contribution in [0.3, 0.4) is 0 Å². The molecule has 4 aliphatic rings. The molecule has 0 fully saturated rings. The number of benzene rings is 3. The van der Waals surface area contributed by atoms with Crippen molar-refractivity contribution in [2.75, 3.05) is 24.6 Å². The van der Waals surface area contributed by atoms with Crippen LogP contribution in [-0.4, -0.2) is 31.4 Å². The van der Waals surface area contributed by atoms with Crippen LogP contribution < -0.4 is 4.90 Å². The lowest BCUT2D eigenvalue weighted by molar-refractivity contribution is 0.0473. The highest BCUT2D eigenvalue weighted by atomic mass is 16.5. The van der Waals surface area contributed by atoms with Crippen molar-refractivity contribution in [2.45, 2.75) is 24.7 Å². The molecule has 0 amide bonds. The summed E-state index contributed by atoms with van der Waals surface area (Å²) >= 11 is 0. The highest BCUT2D eigenvalue weighted by molar-refractivity contribution is 6.00. The van der Waals surface area contributed by atoms with Gasteiger partial charge in [-0.3, -0.25) is 4.79 Å². The van der Waals surface area contributed by atoms with Gasteiger partial charge in [0.1, 0.15) is 0 Å². The van der Waals surface area contributed by atoms with Crippen LogP contribution in [0.5, 0.6) is 0 Å². The fourth-order valence-corrected chi connectivity index (χ4v) is 6.83. The van der Waals surface area contributed by atoms with E-state index >= 15 is 0 Å². The van der Waals surface area contributed by atoms with Crippen molar-refractivity contribution in [3.63, 3.8) is 0 Å². The van der Waals surface area contributed by atoms with Crippen molar-refractivity contribution in [3.05, 3.63) is 113 Å². The summed E-state index contributed by atoms with van der Waals surface area (Å²) < 4.78 is 5.64. The monoisotopic (exact) mass is 487 g/mol. The summed E-state index contributed by atoms with van der Waals surface area (Å²) in [5.74, 6) is 1.17. The number of carbonyl (C=O) groups excluding carboxylic acids is 2. The molecule has 0 N–H and O–H groups in total. The van der Waals surface area contributed by atoms with E-state index in [2.05, 4.69) is 35.3 Å². The Hall–Kier alpha value is -3.92. The minimum Gasteiger partial charge on any atom is -0.454 e. The molecule has 184 valence electrons. The molecule has 3 aromatic carbocycles. The topological polar surface area (TPSA) is 46.6 Å². The quantitative estimate of drug-likeness (QED) is 0.233. The van der Waals surface area contributed by atoms with Crippen LogP contribution >= 0.6 is 0 Å². The zero-order valence-corrected chi connectivity index (χ0v) is 20.7. The first-order valence-corrected chi connectivity index (χ1v) is 13.3. The number of ketones is 1. The summed E-state index contributed by atoms with van der Waals surface area (Å²) in [7, 11) is 0. The molecule has 2 aliphatic carbocycles. The van der Waals surface area contributed by atoms with Crippen molar-refractivity contribution >= 4 is 17.4 Å². The summed E-state index contributed by atoms with van der Waals surface area (Å²) in [6.45, 7) is 1.81. The van der Waals surface area contributed by atoms with E-state index in [1.807, 2.05) is 48.5 Å². The third-order valence-corrected chi connectivity index (χ3v) is 8.62. The molecule has 3 aromatic rings. The van der Waals surface area contributed by atoms with Gasteiger partial charge < -0.3 is 9.64 Å². The number of fused-ring (bicyclic) bond motifs is 4. The first-order chi connectivity index (χ1) is 18.2. The second kappa shape index (κ2) is 8.88. The maximum absolute atomic E-state index is 13.4. The molecule has 2 aliphatic heterocycles. The number of esters is 1. The van der Waals surface area contributed by atoms with Crippen LogP contribution in [0, 0.1) is 11.8 Å². The third-order valence-electron chi connectivity index (χ3n) is 8.62. The fraction of sp³-hybridized carbons (Fsp3) is 0.273. The van der Waals surface area contributed by atoms with E-state index in [-0.39, 0.29) is 18.3 Å². The maximum Gasteiger partial charge on any atom is 0.338 e. The summed E-state index contributed by atoms with van der Waals surface area (Å²) in [5.41, 5.74) is 6.97. The number of hydrogen-bond donors (Lipinski definition) is 0. The van der Waals surface area contributed by atoms with Crippen LogP contribution in [0.25, 0.3) is 11.1 Å². The lowest BCUT2D eigenvalue weighted by Gasteiger charge is -2.46. The number of nitrogens with zero attached hydrogens (tertiary/aromatic N) is 1. The molecule has 4 atom stereocenters. The smallest absolute Gasteiger partial charge is 0.338 e. The lowest BCUT2D eigenvalue weighted by atomic mass is 9.73. The van der Waals surface area contributed by atoms with Crippen LogP contribution in [0.4, 0.5) is 5.69 Å². The van der Waals surface area contributed by atoms with Crippen LogP contribution in [0.1, 0.15) is 56.5 Å². The first kappa shape index (κ1) is 22.3. The number of rotatable bonds is 5. The van der Waals surface area contributed by atoms with Gasteiger partial charge in [0.05, 0.1) is 5.56 Å². The van der Waals surface area contributed by atoms with E-state index in [9.17, 15) is 9.59 Å². The molecule has 0 saturated carbocycles. The Morgan fingerprint density at radius 3 is 2.22 bits per heavy atom.